The highest BCUT2D eigenvalue weighted by molar-refractivity contribution is 5.92. The smallest absolute Gasteiger partial charge is 0.282 e. The first-order valence-electron chi connectivity index (χ1n) is 15.7. The van der Waals surface area contributed by atoms with Gasteiger partial charge in [-0.1, -0.05) is 24.3 Å². The molecule has 3 aromatic carbocycles. The molecule has 1 amide bonds. The molecule has 0 spiro atoms. The molecular weight excluding hydrogens is 614 g/mol. The zero-order valence-corrected chi connectivity index (χ0v) is 26.7. The Hall–Kier alpha value is -5.49. The second kappa shape index (κ2) is 14.5. The van der Waals surface area contributed by atoms with Gasteiger partial charge in [0.15, 0.2) is 17.3 Å². The van der Waals surface area contributed by atoms with Crippen LogP contribution >= 0.6 is 0 Å². The monoisotopic (exact) mass is 650 g/mol. The Bertz CT molecular complexity index is 2010. The number of nitrogens with zero attached hydrogens (tertiary/aromatic N) is 6. The van der Waals surface area contributed by atoms with Crippen molar-refractivity contribution >= 4 is 40.2 Å². The number of nitrogens with one attached hydrogen (secondary N) is 2. The van der Waals surface area contributed by atoms with E-state index in [1.165, 1.54) is 28.7 Å². The number of benzene rings is 3. The molecule has 12 heteroatoms. The van der Waals surface area contributed by atoms with E-state index in [4.69, 9.17) is 0 Å². The van der Waals surface area contributed by atoms with Crippen LogP contribution in [0.3, 0.4) is 0 Å². The fourth-order valence-corrected chi connectivity index (χ4v) is 5.71. The minimum Gasteiger partial charge on any atom is -0.372 e. The summed E-state index contributed by atoms with van der Waals surface area (Å²) in [5.74, 6) is -2.13. The van der Waals surface area contributed by atoms with Gasteiger partial charge in [0.05, 0.1) is 12.1 Å². The van der Waals surface area contributed by atoms with Crippen molar-refractivity contribution < 1.29 is 13.6 Å². The lowest BCUT2D eigenvalue weighted by molar-refractivity contribution is 0.0950. The summed E-state index contributed by atoms with van der Waals surface area (Å²) in [6.07, 6.45) is 10.4. The number of halogens is 2. The maximum atomic E-state index is 13.6. The Morgan fingerprint density at radius 2 is 1.81 bits per heavy atom. The summed E-state index contributed by atoms with van der Waals surface area (Å²) in [4.78, 5) is 43.3. The molecule has 10 nitrogen and oxygen atoms in total. The number of hydrogen-bond donors (Lipinski definition) is 2. The van der Waals surface area contributed by atoms with Crippen LogP contribution in [0.1, 0.15) is 34.5 Å². The molecule has 0 saturated carbocycles. The lowest BCUT2D eigenvalue weighted by atomic mass is 10.0. The van der Waals surface area contributed by atoms with Crippen LogP contribution in [0.15, 0.2) is 90.1 Å². The highest BCUT2D eigenvalue weighted by Gasteiger charge is 2.21. The van der Waals surface area contributed by atoms with Gasteiger partial charge in [0, 0.05) is 55.0 Å². The molecule has 0 radical (unpaired) electrons. The number of aromatic nitrogens is 4. The molecule has 1 aliphatic rings. The second-order valence-corrected chi connectivity index (χ2v) is 11.9. The number of rotatable bonds is 10. The summed E-state index contributed by atoms with van der Waals surface area (Å²) in [6, 6.07) is 18.0. The number of anilines is 3. The second-order valence-electron chi connectivity index (χ2n) is 11.9. The standard InChI is InChI=1S/C36H36F2N8O2/c1-44-17-13-29(14-18-44)45(2)28-9-7-27(8-10-28)42-36-41-22-26-20-24(6-12-32(26)43-36)4-3-15-40-34(47)33-35(48)46(19-16-39-33)23-25-5-11-30(37)31(38)21-25/h3-12,16,19-22,29H,13-15,17-18,23H2,1-2H3,(H,40,47)(H,41,42,43). The number of carbonyl (C=O) groups excluding carboxylic acids is 1. The van der Waals surface area contributed by atoms with Crippen molar-refractivity contribution in [3.63, 3.8) is 0 Å². The highest BCUT2D eigenvalue weighted by Crippen LogP contribution is 2.25. The lowest BCUT2D eigenvalue weighted by Crippen LogP contribution is -2.41. The zero-order chi connectivity index (χ0) is 33.6. The minimum atomic E-state index is -1.01. The van der Waals surface area contributed by atoms with Gasteiger partial charge in [-0.05, 0) is 92.6 Å². The largest absolute Gasteiger partial charge is 0.372 e. The third kappa shape index (κ3) is 7.72. The van der Waals surface area contributed by atoms with Gasteiger partial charge in [-0.25, -0.2) is 23.7 Å². The molecule has 3 heterocycles. The molecule has 5 aromatic rings. The van der Waals surface area contributed by atoms with E-state index in [9.17, 15) is 18.4 Å². The number of piperidine rings is 1. The average molecular weight is 651 g/mol. The zero-order valence-electron chi connectivity index (χ0n) is 26.7. The summed E-state index contributed by atoms with van der Waals surface area (Å²) in [5, 5.41) is 6.82. The third-order valence-electron chi connectivity index (χ3n) is 8.53. The van der Waals surface area contributed by atoms with Crippen LogP contribution in [0.5, 0.6) is 0 Å². The first kappa shape index (κ1) is 32.5. The normalized spacial score (nSPS) is 14.0. The topological polar surface area (TPSA) is 108 Å². The van der Waals surface area contributed by atoms with Crippen molar-refractivity contribution in [1.82, 2.24) is 29.7 Å². The van der Waals surface area contributed by atoms with Gasteiger partial charge in [-0.2, -0.15) is 0 Å². The van der Waals surface area contributed by atoms with Gasteiger partial charge in [-0.3, -0.25) is 9.59 Å². The molecule has 0 atom stereocenters. The molecular formula is C36H36F2N8O2. The van der Waals surface area contributed by atoms with E-state index in [1.54, 1.807) is 12.3 Å². The van der Waals surface area contributed by atoms with Crippen LogP contribution in [0.25, 0.3) is 17.0 Å². The van der Waals surface area contributed by atoms with Gasteiger partial charge in [-0.15, -0.1) is 0 Å². The van der Waals surface area contributed by atoms with Crippen LogP contribution in [0.2, 0.25) is 0 Å². The molecule has 6 rings (SSSR count). The maximum absolute atomic E-state index is 13.6. The molecule has 1 fully saturated rings. The Labute approximate surface area is 276 Å². The number of likely N-dealkylation sites (tertiary alicyclic amines) is 1. The quantitative estimate of drug-likeness (QED) is 0.212. The molecule has 0 unspecified atom stereocenters. The van der Waals surface area contributed by atoms with Crippen LogP contribution < -0.4 is 21.1 Å². The van der Waals surface area contributed by atoms with Crippen LogP contribution in [0.4, 0.5) is 26.1 Å². The molecule has 1 saturated heterocycles. The molecule has 48 heavy (non-hydrogen) atoms. The van der Waals surface area contributed by atoms with Gasteiger partial charge in [0.1, 0.15) is 0 Å². The molecule has 2 aromatic heterocycles. The summed E-state index contributed by atoms with van der Waals surface area (Å²) < 4.78 is 28.0. The van der Waals surface area contributed by atoms with Crippen LogP contribution in [-0.2, 0) is 6.54 Å². The van der Waals surface area contributed by atoms with Crippen LogP contribution in [0, 0.1) is 11.6 Å². The van der Waals surface area contributed by atoms with Gasteiger partial charge < -0.3 is 25.0 Å². The SMILES string of the molecule is CN1CCC(N(C)c2ccc(Nc3ncc4cc(C=CCNC(=O)c5nccn(Cc6ccc(F)c(F)c6)c5=O)ccc4n3)cc2)CC1. The van der Waals surface area contributed by atoms with Gasteiger partial charge >= 0.3 is 0 Å². The van der Waals surface area contributed by atoms with Crippen molar-refractivity contribution in [1.29, 1.82) is 0 Å². The van der Waals surface area contributed by atoms with E-state index < -0.39 is 23.1 Å². The Balaban J connectivity index is 1.03. The van der Waals surface area contributed by atoms with Crippen molar-refractivity contribution in [3.8, 4) is 0 Å². The fraction of sp³-hybridized carbons (Fsp3) is 0.250. The third-order valence-corrected chi connectivity index (χ3v) is 8.53. The molecule has 246 valence electrons. The van der Waals surface area contributed by atoms with E-state index in [2.05, 4.69) is 61.6 Å². The summed E-state index contributed by atoms with van der Waals surface area (Å²) in [5.41, 5.74) is 3.21. The van der Waals surface area contributed by atoms with E-state index in [0.717, 1.165) is 60.2 Å². The van der Waals surface area contributed by atoms with Crippen LogP contribution in [-0.4, -0.2) is 70.1 Å². The molecule has 2 N–H and O–H groups in total. The van der Waals surface area contributed by atoms with Gasteiger partial charge in [0.25, 0.3) is 11.5 Å². The number of hydrogen-bond acceptors (Lipinski definition) is 8. The lowest BCUT2D eigenvalue weighted by Gasteiger charge is -2.36. The Morgan fingerprint density at radius 1 is 1.02 bits per heavy atom. The van der Waals surface area contributed by atoms with Crippen molar-refractivity contribution in [2.75, 3.05) is 43.9 Å². The Morgan fingerprint density at radius 3 is 2.58 bits per heavy atom. The number of carbonyl (C=O) groups is 1. The first-order valence-corrected chi connectivity index (χ1v) is 15.7. The Kier molecular flexibility index (Phi) is 9.81. The van der Waals surface area contributed by atoms with E-state index in [1.807, 2.05) is 36.4 Å². The van der Waals surface area contributed by atoms with Crippen molar-refractivity contribution in [2.24, 2.45) is 0 Å². The number of fused-ring (bicyclic) bond motifs is 1. The molecule has 0 bridgehead atoms. The highest BCUT2D eigenvalue weighted by atomic mass is 19.2. The van der Waals surface area contributed by atoms with E-state index >= 15 is 0 Å². The maximum Gasteiger partial charge on any atom is 0.282 e. The van der Waals surface area contributed by atoms with Crippen molar-refractivity contribution in [2.45, 2.75) is 25.4 Å². The minimum absolute atomic E-state index is 0.0360. The first-order chi connectivity index (χ1) is 23.2. The fourth-order valence-electron chi connectivity index (χ4n) is 5.71. The summed E-state index contributed by atoms with van der Waals surface area (Å²) in [6.45, 7) is 2.36. The van der Waals surface area contributed by atoms with Crippen molar-refractivity contribution in [3.05, 3.63) is 124 Å². The van der Waals surface area contributed by atoms with E-state index in [0.29, 0.717) is 17.6 Å². The number of amides is 1. The predicted octanol–water partition coefficient (Wildman–Crippen LogP) is 5.23. The van der Waals surface area contributed by atoms with Gasteiger partial charge in [0.2, 0.25) is 5.95 Å². The molecule has 0 aliphatic carbocycles. The average Bonchev–Trinajstić information content (AvgIpc) is 3.09. The predicted molar refractivity (Wildman–Crippen MR) is 184 cm³/mol. The summed E-state index contributed by atoms with van der Waals surface area (Å²) in [7, 11) is 4.34. The van der Waals surface area contributed by atoms with E-state index in [-0.39, 0.29) is 18.8 Å². The summed E-state index contributed by atoms with van der Waals surface area (Å²) >= 11 is 0. The molecule has 1 aliphatic heterocycles.